The minimum absolute atomic E-state index is 0.00610. The third-order valence-corrected chi connectivity index (χ3v) is 1.72. The predicted molar refractivity (Wildman–Crippen MR) is 48.7 cm³/mol. The van der Waals surface area contributed by atoms with Gasteiger partial charge in [-0.25, -0.2) is 0 Å². The van der Waals surface area contributed by atoms with E-state index in [-0.39, 0.29) is 32.0 Å². The van der Waals surface area contributed by atoms with Crippen molar-refractivity contribution in [3.8, 4) is 0 Å². The van der Waals surface area contributed by atoms with Gasteiger partial charge in [0.1, 0.15) is 6.61 Å². The summed E-state index contributed by atoms with van der Waals surface area (Å²) in [5.41, 5.74) is 0. The first kappa shape index (κ1) is 12.9. The van der Waals surface area contributed by atoms with Gasteiger partial charge in [0.2, 0.25) is 0 Å². The van der Waals surface area contributed by atoms with Crippen molar-refractivity contribution >= 4 is 11.9 Å². The molecule has 0 aliphatic rings. The van der Waals surface area contributed by atoms with Crippen molar-refractivity contribution in [2.75, 3.05) is 13.2 Å². The van der Waals surface area contributed by atoms with E-state index in [4.69, 9.17) is 10.2 Å². The molecule has 0 amide bonds. The maximum atomic E-state index is 10.9. The van der Waals surface area contributed by atoms with E-state index in [1.807, 2.05) is 0 Å². The topological polar surface area (TPSA) is 83.8 Å². The molecule has 0 radical (unpaired) electrons. The molecule has 2 N–H and O–H groups in total. The molecule has 0 fully saturated rings. The predicted octanol–water partition coefficient (Wildman–Crippen LogP) is 0.413. The molecule has 14 heavy (non-hydrogen) atoms. The Labute approximate surface area is 82.7 Å². The number of carbonyl (C=O) groups is 2. The van der Waals surface area contributed by atoms with Gasteiger partial charge in [-0.1, -0.05) is 6.92 Å². The summed E-state index contributed by atoms with van der Waals surface area (Å²) >= 11 is 0. The van der Waals surface area contributed by atoms with Crippen LogP contribution >= 0.6 is 0 Å². The van der Waals surface area contributed by atoms with E-state index in [2.05, 4.69) is 4.74 Å². The van der Waals surface area contributed by atoms with Crippen molar-refractivity contribution in [1.29, 1.82) is 0 Å². The number of hydrogen-bond donors (Lipinski definition) is 2. The fourth-order valence-corrected chi connectivity index (χ4v) is 0.996. The fourth-order valence-electron chi connectivity index (χ4n) is 0.996. The first-order valence-electron chi connectivity index (χ1n) is 4.54. The Morgan fingerprint density at radius 3 is 2.57 bits per heavy atom. The van der Waals surface area contributed by atoms with Crippen LogP contribution in [0.2, 0.25) is 0 Å². The van der Waals surface area contributed by atoms with Gasteiger partial charge in [-0.2, -0.15) is 0 Å². The number of rotatable bonds is 7. The molecule has 0 saturated carbocycles. The second-order valence-electron chi connectivity index (χ2n) is 3.19. The van der Waals surface area contributed by atoms with Crippen LogP contribution in [0.1, 0.15) is 26.2 Å². The normalized spacial score (nSPS) is 12.1. The van der Waals surface area contributed by atoms with Gasteiger partial charge in [0.05, 0.1) is 6.61 Å². The summed E-state index contributed by atoms with van der Waals surface area (Å²) in [7, 11) is 0. The van der Waals surface area contributed by atoms with Gasteiger partial charge in [-0.15, -0.1) is 0 Å². The molecular formula is C9H16O5. The van der Waals surface area contributed by atoms with Crippen LogP contribution in [0.4, 0.5) is 0 Å². The molecule has 1 unspecified atom stereocenters. The number of esters is 1. The van der Waals surface area contributed by atoms with Gasteiger partial charge >= 0.3 is 11.9 Å². The van der Waals surface area contributed by atoms with Gasteiger partial charge in [-0.05, 0) is 12.3 Å². The number of aliphatic hydroxyl groups excluding tert-OH is 1. The van der Waals surface area contributed by atoms with Crippen LogP contribution in [0.5, 0.6) is 0 Å². The Kier molecular flexibility index (Phi) is 6.74. The maximum Gasteiger partial charge on any atom is 0.305 e. The molecule has 5 heteroatoms. The third kappa shape index (κ3) is 7.54. The lowest BCUT2D eigenvalue weighted by molar-refractivity contribution is -0.145. The minimum Gasteiger partial charge on any atom is -0.481 e. The van der Waals surface area contributed by atoms with Crippen molar-refractivity contribution in [2.24, 2.45) is 5.92 Å². The molecule has 0 spiro atoms. The van der Waals surface area contributed by atoms with E-state index < -0.39 is 11.9 Å². The van der Waals surface area contributed by atoms with E-state index in [0.717, 1.165) is 0 Å². The molecule has 0 rings (SSSR count). The molecular weight excluding hydrogens is 188 g/mol. The molecule has 0 aromatic heterocycles. The molecule has 0 aliphatic carbocycles. The van der Waals surface area contributed by atoms with Crippen LogP contribution in [0.15, 0.2) is 0 Å². The van der Waals surface area contributed by atoms with Crippen molar-refractivity contribution in [2.45, 2.75) is 26.2 Å². The average molecular weight is 204 g/mol. The van der Waals surface area contributed by atoms with Crippen LogP contribution in [-0.2, 0) is 14.3 Å². The summed E-state index contributed by atoms with van der Waals surface area (Å²) in [6.07, 6.45) is 0.762. The number of ether oxygens (including phenoxy) is 1. The van der Waals surface area contributed by atoms with E-state index in [9.17, 15) is 9.59 Å². The van der Waals surface area contributed by atoms with Gasteiger partial charge in [0.15, 0.2) is 0 Å². The summed E-state index contributed by atoms with van der Waals surface area (Å²) < 4.78 is 4.61. The van der Waals surface area contributed by atoms with Crippen LogP contribution < -0.4 is 0 Å². The lowest BCUT2D eigenvalue weighted by Crippen LogP contribution is -2.11. The molecule has 0 bridgehead atoms. The molecule has 0 saturated heterocycles. The Bertz CT molecular complexity index is 190. The van der Waals surface area contributed by atoms with E-state index in [1.54, 1.807) is 6.92 Å². The number of aliphatic carboxylic acids is 1. The molecule has 1 atom stereocenters. The smallest absolute Gasteiger partial charge is 0.305 e. The average Bonchev–Trinajstić information content (AvgIpc) is 2.10. The minimum atomic E-state index is -0.860. The SMILES string of the molecule is CC(CCC(=O)OCCO)CC(=O)O. The molecule has 0 heterocycles. The summed E-state index contributed by atoms with van der Waals surface area (Å²) in [4.78, 5) is 21.2. The quantitative estimate of drug-likeness (QED) is 0.587. The number of carboxylic acids is 1. The standard InChI is InChI=1S/C9H16O5/c1-7(6-8(11)12)2-3-9(13)14-5-4-10/h7,10H,2-6H2,1H3,(H,11,12). The van der Waals surface area contributed by atoms with Gasteiger partial charge < -0.3 is 14.9 Å². The fraction of sp³-hybridized carbons (Fsp3) is 0.778. The van der Waals surface area contributed by atoms with Crippen LogP contribution in [0.3, 0.4) is 0 Å². The van der Waals surface area contributed by atoms with E-state index in [1.165, 1.54) is 0 Å². The van der Waals surface area contributed by atoms with Crippen LogP contribution in [0, 0.1) is 5.92 Å². The highest BCUT2D eigenvalue weighted by molar-refractivity contribution is 5.69. The van der Waals surface area contributed by atoms with Gasteiger partial charge in [-0.3, -0.25) is 9.59 Å². The van der Waals surface area contributed by atoms with Crippen molar-refractivity contribution in [3.63, 3.8) is 0 Å². The lowest BCUT2D eigenvalue weighted by atomic mass is 10.0. The number of carboxylic acid groups (broad SMARTS) is 1. The third-order valence-electron chi connectivity index (χ3n) is 1.72. The van der Waals surface area contributed by atoms with Crippen LogP contribution in [-0.4, -0.2) is 35.4 Å². The highest BCUT2D eigenvalue weighted by Gasteiger charge is 2.10. The summed E-state index contributed by atoms with van der Waals surface area (Å²) in [5.74, 6) is -1.29. The van der Waals surface area contributed by atoms with E-state index in [0.29, 0.717) is 6.42 Å². The lowest BCUT2D eigenvalue weighted by Gasteiger charge is -2.07. The maximum absolute atomic E-state index is 10.9. The Morgan fingerprint density at radius 2 is 2.07 bits per heavy atom. The summed E-state index contributed by atoms with van der Waals surface area (Å²) in [5, 5.41) is 16.8. The molecule has 0 aliphatic heterocycles. The Hall–Kier alpha value is -1.10. The zero-order valence-corrected chi connectivity index (χ0v) is 8.23. The monoisotopic (exact) mass is 204 g/mol. The summed E-state index contributed by atoms with van der Waals surface area (Å²) in [6.45, 7) is 1.59. The first-order chi connectivity index (χ1) is 6.56. The Balaban J connectivity index is 3.50. The van der Waals surface area contributed by atoms with Gasteiger partial charge in [0, 0.05) is 12.8 Å². The second kappa shape index (κ2) is 7.32. The van der Waals surface area contributed by atoms with Crippen molar-refractivity contribution in [3.05, 3.63) is 0 Å². The molecule has 0 aromatic rings. The number of carbonyl (C=O) groups excluding carboxylic acids is 1. The zero-order chi connectivity index (χ0) is 11.0. The molecule has 0 aromatic carbocycles. The first-order valence-corrected chi connectivity index (χ1v) is 4.54. The number of hydrogen-bond acceptors (Lipinski definition) is 4. The molecule has 82 valence electrons. The summed E-state index contributed by atoms with van der Waals surface area (Å²) in [6, 6.07) is 0. The second-order valence-corrected chi connectivity index (χ2v) is 3.19. The highest BCUT2D eigenvalue weighted by atomic mass is 16.5. The largest absolute Gasteiger partial charge is 0.481 e. The number of aliphatic hydroxyl groups is 1. The molecule has 5 nitrogen and oxygen atoms in total. The van der Waals surface area contributed by atoms with Crippen molar-refractivity contribution in [1.82, 2.24) is 0 Å². The van der Waals surface area contributed by atoms with Crippen LogP contribution in [0.25, 0.3) is 0 Å². The zero-order valence-electron chi connectivity index (χ0n) is 8.23. The van der Waals surface area contributed by atoms with E-state index >= 15 is 0 Å². The Morgan fingerprint density at radius 1 is 1.43 bits per heavy atom. The van der Waals surface area contributed by atoms with Crippen molar-refractivity contribution < 1.29 is 24.5 Å². The van der Waals surface area contributed by atoms with Gasteiger partial charge in [0.25, 0.3) is 0 Å². The highest BCUT2D eigenvalue weighted by Crippen LogP contribution is 2.10.